The molecule has 0 saturated carbocycles. The molecule has 3 rings (SSSR count). The summed E-state index contributed by atoms with van der Waals surface area (Å²) in [5.74, 6) is -0.326. The molecule has 22 heavy (non-hydrogen) atoms. The van der Waals surface area contributed by atoms with Gasteiger partial charge in [0.15, 0.2) is 5.13 Å². The number of ether oxygens (including phenoxy) is 1. The largest absolute Gasteiger partial charge is 0.381 e. The number of rotatable bonds is 6. The molecule has 2 heterocycles. The van der Waals surface area contributed by atoms with E-state index >= 15 is 0 Å². The number of aromatic nitrogens is 1. The van der Waals surface area contributed by atoms with Crippen LogP contribution >= 0.6 is 34.9 Å². The standard InChI is InChI=1S/C14H15ClFN3OS2/c15-10-6-13(22-19-14-17-3-5-21-14)11(16)7-12(10)18-8-9-2-1-4-20-9/h3,5-7,9,18H,1-2,4,8H2,(H,17,19). The van der Waals surface area contributed by atoms with E-state index in [0.717, 1.165) is 36.5 Å². The molecule has 1 aromatic carbocycles. The molecule has 1 unspecified atom stereocenters. The fraction of sp³-hybridized carbons (Fsp3) is 0.357. The van der Waals surface area contributed by atoms with Gasteiger partial charge in [-0.1, -0.05) is 11.6 Å². The van der Waals surface area contributed by atoms with Gasteiger partial charge in [-0.15, -0.1) is 11.3 Å². The summed E-state index contributed by atoms with van der Waals surface area (Å²) in [6, 6.07) is 3.03. The third kappa shape index (κ3) is 4.04. The molecule has 1 atom stereocenters. The molecule has 1 saturated heterocycles. The Bertz CT molecular complexity index is 621. The Morgan fingerprint density at radius 2 is 2.41 bits per heavy atom. The predicted octanol–water partition coefficient (Wildman–Crippen LogP) is 4.65. The zero-order valence-corrected chi connectivity index (χ0v) is 14.0. The SMILES string of the molecule is Fc1cc(NCC2CCCO2)c(Cl)cc1SNc1nccs1. The van der Waals surface area contributed by atoms with Crippen molar-refractivity contribution in [1.29, 1.82) is 0 Å². The monoisotopic (exact) mass is 359 g/mol. The van der Waals surface area contributed by atoms with Gasteiger partial charge in [0.05, 0.1) is 21.7 Å². The summed E-state index contributed by atoms with van der Waals surface area (Å²) in [6.45, 7) is 1.44. The summed E-state index contributed by atoms with van der Waals surface area (Å²) in [7, 11) is 0. The Balaban J connectivity index is 1.62. The van der Waals surface area contributed by atoms with Gasteiger partial charge in [0.2, 0.25) is 0 Å². The van der Waals surface area contributed by atoms with E-state index in [-0.39, 0.29) is 11.9 Å². The molecule has 0 spiro atoms. The van der Waals surface area contributed by atoms with Gasteiger partial charge in [-0.2, -0.15) is 0 Å². The Kier molecular flexibility index (Phi) is 5.41. The first-order valence-corrected chi connectivity index (χ1v) is 8.96. The van der Waals surface area contributed by atoms with E-state index in [1.165, 1.54) is 17.4 Å². The lowest BCUT2D eigenvalue weighted by Gasteiger charge is -2.14. The van der Waals surface area contributed by atoms with Crippen LogP contribution in [0.3, 0.4) is 0 Å². The third-order valence-corrected chi connectivity index (χ3v) is 5.20. The summed E-state index contributed by atoms with van der Waals surface area (Å²) >= 11 is 8.83. The van der Waals surface area contributed by atoms with Crippen LogP contribution in [-0.4, -0.2) is 24.2 Å². The van der Waals surface area contributed by atoms with Crippen molar-refractivity contribution in [2.75, 3.05) is 23.2 Å². The molecule has 0 radical (unpaired) electrons. The average molecular weight is 360 g/mol. The van der Waals surface area contributed by atoms with Gasteiger partial charge in [-0.25, -0.2) is 9.37 Å². The van der Waals surface area contributed by atoms with Crippen LogP contribution in [0.25, 0.3) is 0 Å². The van der Waals surface area contributed by atoms with Crippen molar-refractivity contribution >= 4 is 45.7 Å². The first kappa shape index (κ1) is 15.9. The van der Waals surface area contributed by atoms with Crippen molar-refractivity contribution in [3.63, 3.8) is 0 Å². The van der Waals surface area contributed by atoms with E-state index in [9.17, 15) is 4.39 Å². The Hall–Kier alpha value is -1.02. The molecular formula is C14H15ClFN3OS2. The average Bonchev–Trinajstić information content (AvgIpc) is 3.19. The second-order valence-electron chi connectivity index (χ2n) is 4.82. The number of hydrogen-bond acceptors (Lipinski definition) is 6. The molecule has 2 N–H and O–H groups in total. The van der Waals surface area contributed by atoms with Crippen LogP contribution in [0.2, 0.25) is 5.02 Å². The number of nitrogens with zero attached hydrogens (tertiary/aromatic N) is 1. The van der Waals surface area contributed by atoms with E-state index < -0.39 is 0 Å². The Morgan fingerprint density at radius 3 is 3.14 bits per heavy atom. The van der Waals surface area contributed by atoms with Gasteiger partial charge < -0.3 is 14.8 Å². The van der Waals surface area contributed by atoms with E-state index in [1.807, 2.05) is 5.38 Å². The van der Waals surface area contributed by atoms with Gasteiger partial charge in [0.25, 0.3) is 0 Å². The van der Waals surface area contributed by atoms with Gasteiger partial charge in [-0.05, 0) is 36.9 Å². The maximum atomic E-state index is 14.2. The second kappa shape index (κ2) is 7.50. The summed E-state index contributed by atoms with van der Waals surface area (Å²) in [5.41, 5.74) is 0.591. The van der Waals surface area contributed by atoms with Crippen molar-refractivity contribution in [2.24, 2.45) is 0 Å². The first-order chi connectivity index (χ1) is 10.7. The zero-order valence-electron chi connectivity index (χ0n) is 11.6. The highest BCUT2D eigenvalue weighted by Gasteiger charge is 2.16. The number of hydrogen-bond donors (Lipinski definition) is 2. The Labute approximate surface area is 141 Å². The van der Waals surface area contributed by atoms with Crippen molar-refractivity contribution in [3.05, 3.63) is 34.5 Å². The molecule has 1 aromatic heterocycles. The lowest BCUT2D eigenvalue weighted by Crippen LogP contribution is -2.18. The van der Waals surface area contributed by atoms with Gasteiger partial charge in [0.1, 0.15) is 5.82 Å². The second-order valence-corrected chi connectivity index (χ2v) is 6.97. The molecule has 0 bridgehead atoms. The number of benzene rings is 1. The van der Waals surface area contributed by atoms with Crippen molar-refractivity contribution in [2.45, 2.75) is 23.8 Å². The molecule has 0 amide bonds. The van der Waals surface area contributed by atoms with Gasteiger partial charge >= 0.3 is 0 Å². The molecule has 4 nitrogen and oxygen atoms in total. The van der Waals surface area contributed by atoms with Crippen LogP contribution in [0.4, 0.5) is 15.2 Å². The summed E-state index contributed by atoms with van der Waals surface area (Å²) in [6.07, 6.45) is 3.97. The molecule has 1 fully saturated rings. The molecule has 2 aromatic rings. The molecule has 118 valence electrons. The molecule has 0 aliphatic carbocycles. The predicted molar refractivity (Wildman–Crippen MR) is 90.5 cm³/mol. The summed E-state index contributed by atoms with van der Waals surface area (Å²) in [5, 5.41) is 6.22. The zero-order chi connectivity index (χ0) is 15.4. The van der Waals surface area contributed by atoms with Crippen LogP contribution in [-0.2, 0) is 4.74 Å². The fourth-order valence-corrected chi connectivity index (χ4v) is 3.71. The normalized spacial score (nSPS) is 17.6. The molecule has 8 heteroatoms. The van der Waals surface area contributed by atoms with Crippen LogP contribution in [0.1, 0.15) is 12.8 Å². The summed E-state index contributed by atoms with van der Waals surface area (Å²) < 4.78 is 22.7. The quantitative estimate of drug-likeness (QED) is 0.735. The van der Waals surface area contributed by atoms with E-state index in [0.29, 0.717) is 22.2 Å². The van der Waals surface area contributed by atoms with Crippen molar-refractivity contribution in [3.8, 4) is 0 Å². The Morgan fingerprint density at radius 1 is 1.50 bits per heavy atom. The van der Waals surface area contributed by atoms with Crippen LogP contribution in [0.5, 0.6) is 0 Å². The topological polar surface area (TPSA) is 46.2 Å². The smallest absolute Gasteiger partial charge is 0.192 e. The number of nitrogens with one attached hydrogen (secondary N) is 2. The van der Waals surface area contributed by atoms with Crippen LogP contribution in [0, 0.1) is 5.82 Å². The fourth-order valence-electron chi connectivity index (χ4n) is 2.14. The number of anilines is 2. The van der Waals surface area contributed by atoms with E-state index in [1.54, 1.807) is 12.3 Å². The highest BCUT2D eigenvalue weighted by atomic mass is 35.5. The minimum Gasteiger partial charge on any atom is -0.381 e. The summed E-state index contributed by atoms with van der Waals surface area (Å²) in [4.78, 5) is 4.51. The van der Waals surface area contributed by atoms with E-state index in [2.05, 4.69) is 15.0 Å². The molecule has 1 aliphatic rings. The highest BCUT2D eigenvalue weighted by Crippen LogP contribution is 2.32. The lowest BCUT2D eigenvalue weighted by molar-refractivity contribution is 0.120. The van der Waals surface area contributed by atoms with Crippen LogP contribution in [0.15, 0.2) is 28.6 Å². The first-order valence-electron chi connectivity index (χ1n) is 6.89. The maximum Gasteiger partial charge on any atom is 0.192 e. The molecular weight excluding hydrogens is 345 g/mol. The number of halogens is 2. The minimum atomic E-state index is -0.326. The number of thiazole rings is 1. The maximum absolute atomic E-state index is 14.2. The van der Waals surface area contributed by atoms with Crippen LogP contribution < -0.4 is 10.0 Å². The van der Waals surface area contributed by atoms with Gasteiger partial charge in [0, 0.05) is 24.7 Å². The van der Waals surface area contributed by atoms with Crippen molar-refractivity contribution < 1.29 is 9.13 Å². The highest BCUT2D eigenvalue weighted by molar-refractivity contribution is 8.00. The van der Waals surface area contributed by atoms with E-state index in [4.69, 9.17) is 16.3 Å². The molecule has 1 aliphatic heterocycles. The van der Waals surface area contributed by atoms with Crippen molar-refractivity contribution in [1.82, 2.24) is 4.98 Å². The van der Waals surface area contributed by atoms with Gasteiger partial charge in [-0.3, -0.25) is 0 Å². The third-order valence-electron chi connectivity index (χ3n) is 3.25. The minimum absolute atomic E-state index is 0.180. The lowest BCUT2D eigenvalue weighted by atomic mass is 10.2.